The Kier molecular flexibility index (Phi) is 7.26. The van der Waals surface area contributed by atoms with Crippen LogP contribution in [0, 0.1) is 13.8 Å². The maximum Gasteiger partial charge on any atom is 0.164 e. The number of nitrogens with one attached hydrogen (secondary N) is 2. The molecule has 11 heteroatoms. The van der Waals surface area contributed by atoms with Gasteiger partial charge in [-0.1, -0.05) is 30.3 Å². The first kappa shape index (κ1) is 23.3. The highest BCUT2D eigenvalue weighted by Gasteiger charge is 2.12. The van der Waals surface area contributed by atoms with Crippen molar-refractivity contribution in [3.8, 4) is 11.4 Å². The summed E-state index contributed by atoms with van der Waals surface area (Å²) in [4.78, 5) is 24.0. The monoisotopic (exact) mass is 446 g/mol. The second-order valence-corrected chi connectivity index (χ2v) is 7.16. The van der Waals surface area contributed by atoms with Crippen LogP contribution in [0.15, 0.2) is 59.0 Å². The molecule has 0 aliphatic carbocycles. The van der Waals surface area contributed by atoms with Crippen molar-refractivity contribution in [2.75, 3.05) is 24.1 Å². The van der Waals surface area contributed by atoms with E-state index in [9.17, 15) is 0 Å². The smallest absolute Gasteiger partial charge is 0.164 e. The Labute approximate surface area is 191 Å². The number of aryl methyl sites for hydroxylation is 2. The Hall–Kier alpha value is -4.38. The number of benzene rings is 1. The van der Waals surface area contributed by atoms with E-state index < -0.39 is 0 Å². The van der Waals surface area contributed by atoms with Gasteiger partial charge in [-0.3, -0.25) is 10.0 Å². The average molecular weight is 447 g/mol. The van der Waals surface area contributed by atoms with Gasteiger partial charge in [0.2, 0.25) is 0 Å². The normalized spacial score (nSPS) is 11.2. The van der Waals surface area contributed by atoms with Gasteiger partial charge in [0.25, 0.3) is 0 Å². The number of hydrazone groups is 2. The van der Waals surface area contributed by atoms with E-state index in [2.05, 4.69) is 30.1 Å². The fourth-order valence-corrected chi connectivity index (χ4v) is 2.90. The first-order valence-corrected chi connectivity index (χ1v) is 10.0. The summed E-state index contributed by atoms with van der Waals surface area (Å²) in [5.41, 5.74) is 2.52. The molecule has 0 aliphatic rings. The molecule has 0 unspecified atom stereocenters. The predicted octanol–water partition coefficient (Wildman–Crippen LogP) is 2.32. The van der Waals surface area contributed by atoms with E-state index in [1.54, 1.807) is 34.8 Å². The molecule has 0 saturated heterocycles. The van der Waals surface area contributed by atoms with E-state index in [4.69, 9.17) is 9.97 Å². The molecule has 0 spiro atoms. The van der Waals surface area contributed by atoms with Crippen molar-refractivity contribution in [2.45, 2.75) is 13.8 Å². The predicted molar refractivity (Wildman–Crippen MR) is 130 cm³/mol. The molecule has 0 radical (unpaired) electrons. The fourth-order valence-electron chi connectivity index (χ4n) is 2.90. The summed E-state index contributed by atoms with van der Waals surface area (Å²) in [5.74, 6) is 3.49. The number of rotatable bonds is 7. The van der Waals surface area contributed by atoms with Gasteiger partial charge in [-0.05, 0) is 13.8 Å². The summed E-state index contributed by atoms with van der Waals surface area (Å²) in [6.07, 6.45) is 6.86. The topological polar surface area (TPSA) is 146 Å². The molecule has 11 nitrogen and oxygen atoms in total. The van der Waals surface area contributed by atoms with Crippen LogP contribution in [0.5, 0.6) is 0 Å². The zero-order chi connectivity index (χ0) is 22.5. The molecule has 4 N–H and O–H groups in total. The summed E-state index contributed by atoms with van der Waals surface area (Å²) in [5, 5.41) is 12.3. The fraction of sp³-hybridized carbons (Fsp3) is 0.182. The third kappa shape index (κ3) is 5.86. The number of aromatic nitrogens is 6. The van der Waals surface area contributed by atoms with Crippen LogP contribution in [0.1, 0.15) is 23.0 Å². The molecule has 0 amide bonds. The van der Waals surface area contributed by atoms with Crippen LogP contribution in [0.2, 0.25) is 0 Å². The summed E-state index contributed by atoms with van der Waals surface area (Å²) >= 11 is 0. The average Bonchev–Trinajstić information content (AvgIpc) is 3.43. The molecule has 0 bridgehead atoms. The van der Waals surface area contributed by atoms with Crippen LogP contribution in [-0.2, 0) is 0 Å². The highest BCUT2D eigenvalue weighted by Crippen LogP contribution is 2.24. The molecular formula is C22H26N10O. The zero-order valence-electron chi connectivity index (χ0n) is 18.9. The van der Waals surface area contributed by atoms with Crippen molar-refractivity contribution in [3.63, 3.8) is 0 Å². The van der Waals surface area contributed by atoms with Gasteiger partial charge in [0, 0.05) is 25.7 Å². The van der Waals surface area contributed by atoms with Crippen molar-refractivity contribution in [1.82, 2.24) is 29.9 Å². The molecule has 0 saturated carbocycles. The Morgan fingerprint density at radius 3 is 1.70 bits per heavy atom. The molecule has 170 valence electrons. The molecule has 3 aromatic heterocycles. The van der Waals surface area contributed by atoms with Crippen molar-refractivity contribution in [3.05, 3.63) is 71.8 Å². The van der Waals surface area contributed by atoms with Crippen LogP contribution < -0.4 is 10.0 Å². The van der Waals surface area contributed by atoms with Gasteiger partial charge in [0.15, 0.2) is 17.5 Å². The SMILES string of the molecule is Cc1ncc(/C=N/N(C)c2cc(N(C)/N=C/c3cnc(C)[nH]3)nc(-c3ccccc3)n2)[nH]1.O. The Morgan fingerprint density at radius 2 is 1.27 bits per heavy atom. The molecular weight excluding hydrogens is 420 g/mol. The van der Waals surface area contributed by atoms with Crippen molar-refractivity contribution in [2.24, 2.45) is 10.2 Å². The van der Waals surface area contributed by atoms with Gasteiger partial charge in [-0.25, -0.2) is 19.9 Å². The first-order valence-electron chi connectivity index (χ1n) is 10.0. The molecule has 4 aromatic rings. The molecule has 3 heterocycles. The van der Waals surface area contributed by atoms with Crippen LogP contribution in [0.3, 0.4) is 0 Å². The maximum atomic E-state index is 4.71. The van der Waals surface area contributed by atoms with Gasteiger partial charge >= 0.3 is 0 Å². The van der Waals surface area contributed by atoms with Gasteiger partial charge in [-0.15, -0.1) is 0 Å². The standard InChI is InChI=1S/C22H24N10.H2O/c1-15-23-11-18(27-15)13-25-31(3)20-10-21(30-22(29-20)17-8-6-5-7-9-17)32(4)26-14-19-12-24-16(2)28-19;/h5-14H,1-4H3,(H,23,27)(H,24,28);1H2/b25-13+,26-14+;. The molecule has 0 fully saturated rings. The second-order valence-electron chi connectivity index (χ2n) is 7.16. The number of H-pyrrole nitrogens is 2. The van der Waals surface area contributed by atoms with E-state index in [1.807, 2.05) is 64.3 Å². The third-order valence-corrected chi connectivity index (χ3v) is 4.58. The lowest BCUT2D eigenvalue weighted by Crippen LogP contribution is -2.16. The summed E-state index contributed by atoms with van der Waals surface area (Å²) in [6, 6.07) is 11.6. The molecule has 4 rings (SSSR count). The van der Waals surface area contributed by atoms with Crippen LogP contribution in [0.25, 0.3) is 11.4 Å². The minimum atomic E-state index is 0. The van der Waals surface area contributed by atoms with E-state index in [-0.39, 0.29) is 5.48 Å². The maximum absolute atomic E-state index is 4.71. The first-order chi connectivity index (χ1) is 15.5. The lowest BCUT2D eigenvalue weighted by atomic mass is 10.2. The van der Waals surface area contributed by atoms with Crippen LogP contribution in [-0.4, -0.2) is 61.9 Å². The van der Waals surface area contributed by atoms with E-state index in [1.165, 1.54) is 0 Å². The van der Waals surface area contributed by atoms with Crippen molar-refractivity contribution in [1.29, 1.82) is 0 Å². The highest BCUT2D eigenvalue weighted by molar-refractivity contribution is 5.78. The number of imidazole rings is 2. The molecule has 33 heavy (non-hydrogen) atoms. The minimum Gasteiger partial charge on any atom is -0.412 e. The number of nitrogens with zero attached hydrogens (tertiary/aromatic N) is 8. The number of hydrogen-bond acceptors (Lipinski definition) is 8. The summed E-state index contributed by atoms with van der Waals surface area (Å²) < 4.78 is 0. The van der Waals surface area contributed by atoms with Crippen molar-refractivity contribution < 1.29 is 5.48 Å². The van der Waals surface area contributed by atoms with Crippen molar-refractivity contribution >= 4 is 24.1 Å². The second kappa shape index (κ2) is 10.3. The molecule has 1 aromatic carbocycles. The van der Waals surface area contributed by atoms with Gasteiger partial charge in [0.05, 0.1) is 36.2 Å². The van der Waals surface area contributed by atoms with E-state index >= 15 is 0 Å². The summed E-state index contributed by atoms with van der Waals surface area (Å²) in [6.45, 7) is 3.79. The number of aromatic amines is 2. The molecule has 0 atom stereocenters. The minimum absolute atomic E-state index is 0. The van der Waals surface area contributed by atoms with Crippen LogP contribution >= 0.6 is 0 Å². The van der Waals surface area contributed by atoms with Crippen LogP contribution in [0.4, 0.5) is 11.6 Å². The highest BCUT2D eigenvalue weighted by atomic mass is 16.0. The van der Waals surface area contributed by atoms with E-state index in [0.717, 1.165) is 28.6 Å². The van der Waals surface area contributed by atoms with E-state index in [0.29, 0.717) is 17.5 Å². The number of anilines is 2. The lowest BCUT2D eigenvalue weighted by molar-refractivity contribution is 0.824. The quantitative estimate of drug-likeness (QED) is 0.329. The number of hydrogen-bond donors (Lipinski definition) is 2. The largest absolute Gasteiger partial charge is 0.412 e. The molecule has 0 aliphatic heterocycles. The van der Waals surface area contributed by atoms with Gasteiger partial charge < -0.3 is 15.4 Å². The third-order valence-electron chi connectivity index (χ3n) is 4.58. The summed E-state index contributed by atoms with van der Waals surface area (Å²) in [7, 11) is 3.66. The Bertz CT molecular complexity index is 1170. The van der Waals surface area contributed by atoms with Gasteiger partial charge in [-0.2, -0.15) is 10.2 Å². The Morgan fingerprint density at radius 1 is 0.788 bits per heavy atom. The zero-order valence-corrected chi connectivity index (χ0v) is 18.9. The van der Waals surface area contributed by atoms with Gasteiger partial charge in [0.1, 0.15) is 11.6 Å². The Balaban J connectivity index is 0.00000306. The lowest BCUT2D eigenvalue weighted by Gasteiger charge is -2.17.